The second-order valence-electron chi connectivity index (χ2n) is 6.92. The highest BCUT2D eigenvalue weighted by atomic mass is 32.2. The number of nitrogens with zero attached hydrogens (tertiary/aromatic N) is 2. The molecule has 4 N–H and O–H groups in total. The van der Waals surface area contributed by atoms with Crippen molar-refractivity contribution >= 4 is 64.5 Å². The Morgan fingerprint density at radius 1 is 0.811 bits per heavy atom. The molecule has 0 unspecified atom stereocenters. The first-order valence-corrected chi connectivity index (χ1v) is 14.7. The fraction of sp³-hybridized carbons (Fsp3) is 0.111. The lowest BCUT2D eigenvalue weighted by atomic mass is 10.1. The number of hydrogen-bond donors (Lipinski definition) is 4. The monoisotopic (exact) mass is 596 g/mol. The molecule has 0 aliphatic heterocycles. The maximum absolute atomic E-state index is 12.5. The van der Waals surface area contributed by atoms with E-state index >= 15 is 0 Å². The number of hydrogen-bond acceptors (Lipinski definition) is 14. The van der Waals surface area contributed by atoms with Crippen LogP contribution in [0.1, 0.15) is 0 Å². The predicted molar refractivity (Wildman–Crippen MR) is 126 cm³/mol. The lowest BCUT2D eigenvalue weighted by Crippen LogP contribution is -2.12. The maximum Gasteiger partial charge on any atom is 0.296 e. The number of azo groups is 1. The Balaban J connectivity index is 2.04. The van der Waals surface area contributed by atoms with Crippen LogP contribution < -0.4 is 0 Å². The zero-order chi connectivity index (χ0) is 27.4. The number of sulfone groups is 1. The van der Waals surface area contributed by atoms with Gasteiger partial charge >= 0.3 is 0 Å². The summed E-state index contributed by atoms with van der Waals surface area (Å²) in [5.74, 6) is -1.21. The minimum absolute atomic E-state index is 0.0145. The van der Waals surface area contributed by atoms with Gasteiger partial charge in [-0.2, -0.15) is 16.8 Å². The SMILES string of the molecule is O=S(=O)(O)c1cc(S(=O)(=O)CCOSOOO)ccc1N=Nc1cc(S(=O)(=O)O)c2ccccc2c1O. The van der Waals surface area contributed by atoms with Gasteiger partial charge in [0, 0.05) is 10.8 Å². The van der Waals surface area contributed by atoms with E-state index < -0.39 is 74.2 Å². The fourth-order valence-corrected chi connectivity index (χ4v) is 5.89. The maximum atomic E-state index is 12.5. The summed E-state index contributed by atoms with van der Waals surface area (Å²) in [6, 6.07) is 8.88. The van der Waals surface area contributed by atoms with Crippen molar-refractivity contribution in [1.82, 2.24) is 0 Å². The summed E-state index contributed by atoms with van der Waals surface area (Å²) >= 11 is 0.134. The normalized spacial score (nSPS) is 12.9. The third kappa shape index (κ3) is 6.98. The Morgan fingerprint density at radius 3 is 2.05 bits per heavy atom. The summed E-state index contributed by atoms with van der Waals surface area (Å²) in [5.41, 5.74) is -1.03. The van der Waals surface area contributed by atoms with Crippen molar-refractivity contribution in [3.05, 3.63) is 48.5 Å². The second-order valence-corrected chi connectivity index (χ2v) is 12.3. The Labute approximate surface area is 214 Å². The second kappa shape index (κ2) is 11.3. The Hall–Kier alpha value is -2.72. The molecule has 0 atom stereocenters. The lowest BCUT2D eigenvalue weighted by Gasteiger charge is -2.09. The highest BCUT2D eigenvalue weighted by Crippen LogP contribution is 2.40. The van der Waals surface area contributed by atoms with E-state index in [0.717, 1.165) is 18.2 Å². The van der Waals surface area contributed by atoms with Gasteiger partial charge in [0.05, 0.1) is 17.3 Å². The molecule has 0 radical (unpaired) electrons. The molecule has 3 aromatic rings. The highest BCUT2D eigenvalue weighted by Gasteiger charge is 2.23. The Bertz CT molecular complexity index is 1670. The summed E-state index contributed by atoms with van der Waals surface area (Å²) < 4.78 is 100. The first-order valence-electron chi connectivity index (χ1n) is 9.50. The number of fused-ring (bicyclic) bond motifs is 1. The summed E-state index contributed by atoms with van der Waals surface area (Å²) in [6.07, 6.45) is 0. The molecule has 0 aliphatic rings. The number of phenolic OH excluding ortho intramolecular Hbond substituents is 1. The molecule has 3 rings (SSSR count). The third-order valence-corrected chi connectivity index (χ3v) is 8.44. The van der Waals surface area contributed by atoms with Crippen LogP contribution in [0.5, 0.6) is 5.75 Å². The van der Waals surface area contributed by atoms with E-state index in [0.29, 0.717) is 6.07 Å². The van der Waals surface area contributed by atoms with E-state index in [1.165, 1.54) is 24.3 Å². The molecule has 0 amide bonds. The average molecular weight is 597 g/mol. The molecule has 200 valence electrons. The fourth-order valence-electron chi connectivity index (χ4n) is 3.01. The third-order valence-electron chi connectivity index (χ3n) is 4.61. The lowest BCUT2D eigenvalue weighted by molar-refractivity contribution is -0.434. The zero-order valence-electron chi connectivity index (χ0n) is 18.0. The van der Waals surface area contributed by atoms with Crippen molar-refractivity contribution in [3.63, 3.8) is 0 Å². The van der Waals surface area contributed by atoms with Gasteiger partial charge in [-0.05, 0) is 24.3 Å². The van der Waals surface area contributed by atoms with Gasteiger partial charge in [0.2, 0.25) is 0 Å². The van der Waals surface area contributed by atoms with Crippen LogP contribution >= 0.6 is 12.3 Å². The van der Waals surface area contributed by atoms with Gasteiger partial charge in [-0.3, -0.25) is 13.3 Å². The van der Waals surface area contributed by atoms with Gasteiger partial charge in [-0.15, -0.1) is 14.6 Å². The predicted octanol–water partition coefficient (Wildman–Crippen LogP) is 3.23. The minimum Gasteiger partial charge on any atom is -0.505 e. The molecular formula is C18H16N2O13S4. The first kappa shape index (κ1) is 28.8. The molecule has 0 heterocycles. The van der Waals surface area contributed by atoms with Gasteiger partial charge in [-0.1, -0.05) is 29.3 Å². The molecule has 0 aromatic heterocycles. The van der Waals surface area contributed by atoms with E-state index in [2.05, 4.69) is 23.8 Å². The minimum atomic E-state index is -5.05. The molecule has 0 bridgehead atoms. The summed E-state index contributed by atoms with van der Waals surface area (Å²) in [4.78, 5) is -2.10. The van der Waals surface area contributed by atoms with Crippen LogP contribution in [-0.4, -0.2) is 57.1 Å². The van der Waals surface area contributed by atoms with Crippen LogP contribution in [0.2, 0.25) is 0 Å². The number of aromatic hydroxyl groups is 1. The Morgan fingerprint density at radius 2 is 1.43 bits per heavy atom. The molecule has 15 nitrogen and oxygen atoms in total. The number of phenols is 1. The van der Waals surface area contributed by atoms with Gasteiger partial charge in [-0.25, -0.2) is 13.7 Å². The first-order chi connectivity index (χ1) is 17.3. The van der Waals surface area contributed by atoms with E-state index in [1.807, 2.05) is 0 Å². The van der Waals surface area contributed by atoms with E-state index in [1.54, 1.807) is 0 Å². The molecule has 0 spiro atoms. The molecular weight excluding hydrogens is 580 g/mol. The van der Waals surface area contributed by atoms with Crippen LogP contribution in [0, 0.1) is 0 Å². The topological polar surface area (TPSA) is 236 Å². The average Bonchev–Trinajstić information content (AvgIpc) is 2.82. The van der Waals surface area contributed by atoms with Crippen LogP contribution in [0.25, 0.3) is 10.8 Å². The zero-order valence-corrected chi connectivity index (χ0v) is 21.3. The number of benzene rings is 3. The summed E-state index contributed by atoms with van der Waals surface area (Å²) in [7, 11) is -14.0. The van der Waals surface area contributed by atoms with Crippen molar-refractivity contribution in [2.24, 2.45) is 10.2 Å². The van der Waals surface area contributed by atoms with Crippen molar-refractivity contribution < 1.29 is 58.3 Å². The molecule has 0 fully saturated rings. The summed E-state index contributed by atoms with van der Waals surface area (Å²) in [5, 5.41) is 29.0. The van der Waals surface area contributed by atoms with Crippen LogP contribution in [0.4, 0.5) is 11.4 Å². The standard InChI is InChI=1S/C18H16N2O13S4/c21-18-13-4-2-1-3-12(13)16(36(25,26)27)10-15(18)20-19-14-6-5-11(9-17(14)37(28,29)30)35(23,24)8-7-31-34-33-32-22/h1-6,9-10,21-22H,7-8H2,(H,25,26,27)(H,28,29,30). The van der Waals surface area contributed by atoms with Crippen LogP contribution in [-0.2, 0) is 43.6 Å². The number of rotatable bonds is 11. The molecule has 19 heteroatoms. The summed E-state index contributed by atoms with van der Waals surface area (Å²) in [6.45, 7) is -0.462. The largest absolute Gasteiger partial charge is 0.505 e. The van der Waals surface area contributed by atoms with Gasteiger partial charge < -0.3 is 5.11 Å². The quantitative estimate of drug-likeness (QED) is 0.0621. The molecule has 3 aromatic carbocycles. The molecule has 0 aliphatic carbocycles. The van der Waals surface area contributed by atoms with E-state index in [-0.39, 0.29) is 23.1 Å². The van der Waals surface area contributed by atoms with Gasteiger partial charge in [0.25, 0.3) is 20.2 Å². The van der Waals surface area contributed by atoms with Crippen molar-refractivity contribution in [2.75, 3.05) is 12.4 Å². The Kier molecular flexibility index (Phi) is 8.85. The van der Waals surface area contributed by atoms with E-state index in [4.69, 9.17) is 5.26 Å². The van der Waals surface area contributed by atoms with Gasteiger partial charge in [0.1, 0.15) is 21.2 Å². The molecule has 37 heavy (non-hydrogen) atoms. The van der Waals surface area contributed by atoms with Crippen molar-refractivity contribution in [3.8, 4) is 5.75 Å². The smallest absolute Gasteiger partial charge is 0.296 e. The van der Waals surface area contributed by atoms with Gasteiger partial charge in [0.15, 0.2) is 27.9 Å². The van der Waals surface area contributed by atoms with Crippen molar-refractivity contribution in [1.29, 1.82) is 0 Å². The van der Waals surface area contributed by atoms with E-state index in [9.17, 15) is 39.5 Å². The molecule has 0 saturated carbocycles. The molecule has 0 saturated heterocycles. The van der Waals surface area contributed by atoms with Crippen LogP contribution in [0.3, 0.4) is 0 Å². The highest BCUT2D eigenvalue weighted by molar-refractivity contribution is 7.91. The van der Waals surface area contributed by atoms with Crippen LogP contribution in [0.15, 0.2) is 73.4 Å². The van der Waals surface area contributed by atoms with Crippen molar-refractivity contribution in [2.45, 2.75) is 14.7 Å².